The molecule has 0 unspecified atom stereocenters. The lowest BCUT2D eigenvalue weighted by molar-refractivity contribution is -0.466. The van der Waals surface area contributed by atoms with Crippen molar-refractivity contribution in [2.45, 2.75) is 0 Å². The molecule has 0 spiro atoms. The van der Waals surface area contributed by atoms with Crippen molar-refractivity contribution in [2.24, 2.45) is 10.7 Å². The summed E-state index contributed by atoms with van der Waals surface area (Å²) in [4.78, 5) is 5.58. The molecule has 0 fully saturated rings. The van der Waals surface area contributed by atoms with Crippen molar-refractivity contribution in [1.29, 1.82) is 0 Å². The molecule has 0 radical (unpaired) electrons. The van der Waals surface area contributed by atoms with Crippen molar-refractivity contribution in [3.63, 3.8) is 0 Å². The predicted octanol–water partition coefficient (Wildman–Crippen LogP) is -3.27. The van der Waals surface area contributed by atoms with Crippen molar-refractivity contribution in [2.75, 3.05) is 28.2 Å². The third kappa shape index (κ3) is 5.21. The first-order valence-corrected chi connectivity index (χ1v) is 3.54. The van der Waals surface area contributed by atoms with Gasteiger partial charge in [0.15, 0.2) is 0 Å². The normalized spacial score (nSPS) is 10.2. The van der Waals surface area contributed by atoms with Crippen LogP contribution >= 0.6 is 11.6 Å². The van der Waals surface area contributed by atoms with Gasteiger partial charge in [-0.05, 0) is 16.6 Å². The lowest BCUT2D eigenvalue weighted by atomic mass is 10.8. The second-order valence-corrected chi connectivity index (χ2v) is 2.87. The van der Waals surface area contributed by atoms with E-state index < -0.39 is 0 Å². The molecular formula is C6H14Cl2N4. The van der Waals surface area contributed by atoms with Gasteiger partial charge in [0.2, 0.25) is 0 Å². The topological polar surface area (TPSA) is 44.6 Å². The van der Waals surface area contributed by atoms with Crippen LogP contribution in [0.25, 0.3) is 0 Å². The first-order chi connectivity index (χ1) is 4.95. The van der Waals surface area contributed by atoms with Crippen molar-refractivity contribution in [3.05, 3.63) is 0 Å². The minimum Gasteiger partial charge on any atom is -1.00 e. The smallest absolute Gasteiger partial charge is 0.387 e. The fourth-order valence-corrected chi connectivity index (χ4v) is 0.381. The van der Waals surface area contributed by atoms with E-state index in [2.05, 4.69) is 4.99 Å². The average Bonchev–Trinajstić information content (AvgIpc) is 1.87. The Kier molecular flexibility index (Phi) is 7.13. The molecule has 0 bridgehead atoms. The van der Waals surface area contributed by atoms with Crippen molar-refractivity contribution < 1.29 is 17.0 Å². The first kappa shape index (κ1) is 14.1. The highest BCUT2D eigenvalue weighted by atomic mass is 35.5. The minimum absolute atomic E-state index is 0. The Bertz CT molecular complexity index is 194. The molecule has 0 atom stereocenters. The van der Waals surface area contributed by atoms with E-state index in [0.717, 1.165) is 0 Å². The van der Waals surface area contributed by atoms with E-state index in [1.165, 1.54) is 0 Å². The van der Waals surface area contributed by atoms with Gasteiger partial charge in [-0.1, -0.05) is 0 Å². The number of rotatable bonds is 0. The van der Waals surface area contributed by atoms with Gasteiger partial charge in [0.05, 0.1) is 14.1 Å². The summed E-state index contributed by atoms with van der Waals surface area (Å²) < 4.78 is 1.69. The van der Waals surface area contributed by atoms with Crippen LogP contribution in [0.4, 0.5) is 0 Å². The van der Waals surface area contributed by atoms with Crippen molar-refractivity contribution in [1.82, 2.24) is 4.90 Å². The molecule has 0 heterocycles. The van der Waals surface area contributed by atoms with Gasteiger partial charge in [0.1, 0.15) is 0 Å². The Labute approximate surface area is 84.1 Å². The Morgan fingerprint density at radius 3 is 2.08 bits per heavy atom. The maximum absolute atomic E-state index is 5.70. The number of aliphatic imine (C=N–C) groups is 1. The fourth-order valence-electron chi connectivity index (χ4n) is 0.295. The van der Waals surface area contributed by atoms with E-state index in [9.17, 15) is 0 Å². The number of halogens is 2. The van der Waals surface area contributed by atoms with Gasteiger partial charge in [-0.25, -0.2) is 0 Å². The highest BCUT2D eigenvalue weighted by molar-refractivity contribution is 6.65. The van der Waals surface area contributed by atoms with E-state index in [4.69, 9.17) is 17.3 Å². The largest absolute Gasteiger partial charge is 1.00 e. The molecule has 0 aromatic carbocycles. The van der Waals surface area contributed by atoms with E-state index in [0.29, 0.717) is 11.3 Å². The Hall–Kier alpha value is -0.480. The number of hydrogen-bond acceptors (Lipinski definition) is 0. The van der Waals surface area contributed by atoms with Crippen LogP contribution in [0.15, 0.2) is 4.99 Å². The predicted molar refractivity (Wildman–Crippen MR) is 48.3 cm³/mol. The quantitative estimate of drug-likeness (QED) is 0.199. The molecule has 6 heteroatoms. The minimum atomic E-state index is 0. The van der Waals surface area contributed by atoms with Gasteiger partial charge in [0, 0.05) is 14.1 Å². The highest BCUT2D eigenvalue weighted by Gasteiger charge is 2.05. The summed E-state index contributed by atoms with van der Waals surface area (Å²) in [6.45, 7) is 0. The molecule has 0 aliphatic heterocycles. The Morgan fingerprint density at radius 2 is 1.83 bits per heavy atom. The molecular weight excluding hydrogens is 199 g/mol. The van der Waals surface area contributed by atoms with E-state index in [1.807, 2.05) is 0 Å². The summed E-state index contributed by atoms with van der Waals surface area (Å²) in [5, 5.41) is 0.371. The average molecular weight is 213 g/mol. The standard InChI is InChI=1S/C6H13ClN4.ClH/c1-10(2)5(7)9-6(8)11(3)4;/h8H,1-4H3;1H/b9-5+;. The zero-order valence-corrected chi connectivity index (χ0v) is 9.19. The summed E-state index contributed by atoms with van der Waals surface area (Å²) in [7, 11) is 7.21. The summed E-state index contributed by atoms with van der Waals surface area (Å²) >= 11 is 5.70. The molecule has 12 heavy (non-hydrogen) atoms. The van der Waals surface area contributed by atoms with Crippen LogP contribution in [-0.4, -0.2) is 48.9 Å². The molecule has 0 saturated carbocycles. The summed E-state index contributed by atoms with van der Waals surface area (Å²) in [5.74, 6) is 0.392. The van der Waals surface area contributed by atoms with Gasteiger partial charge < -0.3 is 17.3 Å². The number of nitrogens with two attached hydrogens (primary N) is 1. The van der Waals surface area contributed by atoms with Crippen LogP contribution in [-0.2, 0) is 0 Å². The van der Waals surface area contributed by atoms with Crippen LogP contribution in [0.3, 0.4) is 0 Å². The molecule has 0 aromatic heterocycles. The van der Waals surface area contributed by atoms with E-state index >= 15 is 0 Å². The third-order valence-corrected chi connectivity index (χ3v) is 1.46. The van der Waals surface area contributed by atoms with Gasteiger partial charge in [-0.15, -0.1) is 0 Å². The monoisotopic (exact) mass is 212 g/mol. The second-order valence-electron chi connectivity index (χ2n) is 2.53. The number of amidine groups is 1. The summed E-state index contributed by atoms with van der Waals surface area (Å²) in [5.41, 5.74) is 5.50. The van der Waals surface area contributed by atoms with Crippen LogP contribution in [0.5, 0.6) is 0 Å². The highest BCUT2D eigenvalue weighted by Crippen LogP contribution is 1.88. The fraction of sp³-hybridized carbons (Fsp3) is 0.667. The van der Waals surface area contributed by atoms with Crippen molar-refractivity contribution in [3.8, 4) is 0 Å². The molecule has 0 saturated heterocycles. The SMILES string of the molecule is CN(C)/C(Cl)=N/C(N)=[N+](C)C.[Cl-]. The van der Waals surface area contributed by atoms with Crippen LogP contribution < -0.4 is 18.1 Å². The number of nitrogens with zero attached hydrogens (tertiary/aromatic N) is 3. The lowest BCUT2D eigenvalue weighted by Gasteiger charge is -2.03. The second kappa shape index (κ2) is 6.08. The van der Waals surface area contributed by atoms with Gasteiger partial charge >= 0.3 is 5.96 Å². The maximum Gasteiger partial charge on any atom is 0.387 e. The number of hydrogen-bond donors (Lipinski definition) is 1. The molecule has 0 aliphatic carbocycles. The van der Waals surface area contributed by atoms with Gasteiger partial charge in [-0.3, -0.25) is 10.3 Å². The van der Waals surface area contributed by atoms with Gasteiger partial charge in [0.25, 0.3) is 5.29 Å². The Morgan fingerprint density at radius 1 is 1.42 bits per heavy atom. The zero-order valence-electron chi connectivity index (χ0n) is 7.67. The summed E-state index contributed by atoms with van der Waals surface area (Å²) in [6.07, 6.45) is 0. The van der Waals surface area contributed by atoms with Crippen molar-refractivity contribution >= 4 is 22.9 Å². The van der Waals surface area contributed by atoms with Crippen LogP contribution in [0, 0.1) is 0 Å². The molecule has 4 nitrogen and oxygen atoms in total. The zero-order chi connectivity index (χ0) is 9.02. The molecule has 2 N–H and O–H groups in total. The molecule has 0 aromatic rings. The van der Waals surface area contributed by atoms with Gasteiger partial charge in [-0.2, -0.15) is 0 Å². The van der Waals surface area contributed by atoms with E-state index in [-0.39, 0.29) is 12.4 Å². The molecule has 0 amide bonds. The molecule has 72 valence electrons. The maximum atomic E-state index is 5.70. The third-order valence-electron chi connectivity index (χ3n) is 1.03. The first-order valence-electron chi connectivity index (χ1n) is 3.16. The lowest BCUT2D eigenvalue weighted by Crippen LogP contribution is -3.00. The van der Waals surface area contributed by atoms with Crippen LogP contribution in [0.2, 0.25) is 0 Å². The van der Waals surface area contributed by atoms with E-state index in [1.54, 1.807) is 37.7 Å². The molecule has 0 aliphatic rings. The number of guanidine groups is 1. The van der Waals surface area contributed by atoms with Crippen LogP contribution in [0.1, 0.15) is 0 Å². The summed E-state index contributed by atoms with van der Waals surface area (Å²) in [6, 6.07) is 0. The Balaban J connectivity index is 0. The molecule has 0 rings (SSSR count).